The largest absolute Gasteiger partial charge is 0.481 e. The Kier molecular flexibility index (Phi) is 5.83. The van der Waals surface area contributed by atoms with Crippen LogP contribution < -0.4 is 0 Å². The van der Waals surface area contributed by atoms with Crippen molar-refractivity contribution in [1.29, 1.82) is 0 Å². The quantitative estimate of drug-likeness (QED) is 0.814. The first-order valence-electron chi connectivity index (χ1n) is 8.53. The van der Waals surface area contributed by atoms with E-state index in [1.165, 1.54) is 10.4 Å². The third kappa shape index (κ3) is 4.48. The minimum atomic E-state index is -3.84. The van der Waals surface area contributed by atoms with Crippen molar-refractivity contribution in [1.82, 2.24) is 4.31 Å². The minimum Gasteiger partial charge on any atom is -0.481 e. The van der Waals surface area contributed by atoms with Gasteiger partial charge in [0, 0.05) is 13.1 Å². The summed E-state index contributed by atoms with van der Waals surface area (Å²) in [5.41, 5.74) is 1.60. The maximum absolute atomic E-state index is 13.3. The maximum Gasteiger partial charge on any atom is 0.307 e. The molecule has 0 aliphatic carbocycles. The summed E-state index contributed by atoms with van der Waals surface area (Å²) in [7, 11) is -3.84. The van der Waals surface area contributed by atoms with Crippen LogP contribution in [0.1, 0.15) is 29.9 Å². The predicted molar refractivity (Wildman–Crippen MR) is 99.9 cm³/mol. The molecule has 0 radical (unpaired) electrons. The molecule has 1 atom stereocenters. The summed E-state index contributed by atoms with van der Waals surface area (Å²) in [6.45, 7) is 0.633. The monoisotopic (exact) mass is 411 g/mol. The number of hydrogen-bond donors (Lipinski definition) is 1. The van der Waals surface area contributed by atoms with Crippen LogP contribution in [0.4, 0.5) is 4.39 Å². The van der Waals surface area contributed by atoms with Gasteiger partial charge in [-0.15, -0.1) is 0 Å². The Morgan fingerprint density at radius 2 is 2.04 bits per heavy atom. The molecule has 1 aliphatic heterocycles. The molecule has 2 aromatic rings. The summed E-state index contributed by atoms with van der Waals surface area (Å²) < 4.78 is 40.5. The summed E-state index contributed by atoms with van der Waals surface area (Å²) in [6, 6.07) is 10.5. The van der Waals surface area contributed by atoms with Gasteiger partial charge in [0.15, 0.2) is 0 Å². The zero-order valence-corrected chi connectivity index (χ0v) is 16.0. The van der Waals surface area contributed by atoms with E-state index in [2.05, 4.69) is 0 Å². The summed E-state index contributed by atoms with van der Waals surface area (Å²) in [5.74, 6) is -1.54. The van der Waals surface area contributed by atoms with Gasteiger partial charge in [0.05, 0.1) is 11.4 Å². The van der Waals surface area contributed by atoms with Crippen LogP contribution in [-0.2, 0) is 21.2 Å². The number of nitrogens with zero attached hydrogens (tertiary/aromatic N) is 1. The lowest BCUT2D eigenvalue weighted by Crippen LogP contribution is -2.39. The predicted octanol–water partition coefficient (Wildman–Crippen LogP) is 3.67. The fraction of sp³-hybridized carbons (Fsp3) is 0.316. The fourth-order valence-electron chi connectivity index (χ4n) is 3.39. The number of carboxylic acids is 1. The molecule has 0 amide bonds. The molecule has 5 nitrogen and oxygen atoms in total. The molecule has 1 fully saturated rings. The molecule has 144 valence electrons. The standard InChI is InChI=1S/C19H19ClFNO4S/c20-17-11-16(21)6-7-18(17)27(25,26)22-8-2-5-15(12-22)14-4-1-3-13(9-14)10-19(23)24/h1,3-4,6-7,9,11,15H,2,5,8,10,12H2,(H,23,24). The van der Waals surface area contributed by atoms with Crippen molar-refractivity contribution < 1.29 is 22.7 Å². The molecule has 1 aliphatic rings. The molecule has 8 heteroatoms. The van der Waals surface area contributed by atoms with Gasteiger partial charge in [-0.1, -0.05) is 35.9 Å². The van der Waals surface area contributed by atoms with Crippen molar-refractivity contribution >= 4 is 27.6 Å². The van der Waals surface area contributed by atoms with E-state index in [0.29, 0.717) is 18.5 Å². The van der Waals surface area contributed by atoms with Gasteiger partial charge in [0.25, 0.3) is 0 Å². The molecule has 1 unspecified atom stereocenters. The summed E-state index contributed by atoms with van der Waals surface area (Å²) >= 11 is 5.95. The van der Waals surface area contributed by atoms with Crippen molar-refractivity contribution in [2.24, 2.45) is 0 Å². The first kappa shape index (κ1) is 19.8. The number of rotatable bonds is 5. The van der Waals surface area contributed by atoms with Crippen LogP contribution in [0.15, 0.2) is 47.4 Å². The van der Waals surface area contributed by atoms with Gasteiger partial charge in [0.1, 0.15) is 10.7 Å². The Labute approximate surface area is 162 Å². The van der Waals surface area contributed by atoms with E-state index in [0.717, 1.165) is 24.1 Å². The Morgan fingerprint density at radius 1 is 1.26 bits per heavy atom. The number of halogens is 2. The summed E-state index contributed by atoms with van der Waals surface area (Å²) in [5, 5.41) is 8.82. The lowest BCUT2D eigenvalue weighted by Gasteiger charge is -2.32. The summed E-state index contributed by atoms with van der Waals surface area (Å²) in [6.07, 6.45) is 1.40. The molecule has 1 saturated heterocycles. The van der Waals surface area contributed by atoms with Crippen LogP contribution in [-0.4, -0.2) is 36.9 Å². The van der Waals surface area contributed by atoms with E-state index < -0.39 is 21.8 Å². The first-order valence-corrected chi connectivity index (χ1v) is 10.3. The second kappa shape index (κ2) is 7.96. The van der Waals surface area contributed by atoms with Gasteiger partial charge in [-0.2, -0.15) is 4.31 Å². The maximum atomic E-state index is 13.3. The SMILES string of the molecule is O=C(O)Cc1cccc(C2CCCN(S(=O)(=O)c3ccc(F)cc3Cl)C2)c1. The lowest BCUT2D eigenvalue weighted by molar-refractivity contribution is -0.136. The Bertz CT molecular complexity index is 964. The van der Waals surface area contributed by atoms with Gasteiger partial charge >= 0.3 is 5.97 Å². The number of benzene rings is 2. The van der Waals surface area contributed by atoms with Crippen molar-refractivity contribution in [3.05, 3.63) is 64.4 Å². The number of carbonyl (C=O) groups is 1. The number of sulfonamides is 1. The Hall–Kier alpha value is -1.96. The van der Waals surface area contributed by atoms with Crippen molar-refractivity contribution in [2.75, 3.05) is 13.1 Å². The van der Waals surface area contributed by atoms with Crippen LogP contribution >= 0.6 is 11.6 Å². The Morgan fingerprint density at radius 3 is 2.74 bits per heavy atom. The van der Waals surface area contributed by atoms with Crippen molar-refractivity contribution in [2.45, 2.75) is 30.1 Å². The van der Waals surface area contributed by atoms with E-state index in [1.807, 2.05) is 12.1 Å². The van der Waals surface area contributed by atoms with Gasteiger partial charge in [0.2, 0.25) is 10.0 Å². The van der Waals surface area contributed by atoms with Crippen LogP contribution in [0.25, 0.3) is 0 Å². The highest BCUT2D eigenvalue weighted by molar-refractivity contribution is 7.89. The zero-order chi connectivity index (χ0) is 19.6. The van der Waals surface area contributed by atoms with Crippen LogP contribution in [0, 0.1) is 5.82 Å². The lowest BCUT2D eigenvalue weighted by atomic mass is 9.90. The van der Waals surface area contributed by atoms with Crippen molar-refractivity contribution in [3.8, 4) is 0 Å². The number of aliphatic carboxylic acids is 1. The molecular weight excluding hydrogens is 393 g/mol. The van der Waals surface area contributed by atoms with E-state index >= 15 is 0 Å². The fourth-order valence-corrected chi connectivity index (χ4v) is 5.42. The van der Waals surface area contributed by atoms with Crippen LogP contribution in [0.5, 0.6) is 0 Å². The van der Waals surface area contributed by atoms with Crippen molar-refractivity contribution in [3.63, 3.8) is 0 Å². The smallest absolute Gasteiger partial charge is 0.307 e. The van der Waals surface area contributed by atoms with E-state index in [-0.39, 0.29) is 28.8 Å². The van der Waals surface area contributed by atoms with Gasteiger partial charge in [-0.3, -0.25) is 4.79 Å². The normalized spacial score (nSPS) is 18.4. The highest BCUT2D eigenvalue weighted by Crippen LogP contribution is 2.33. The molecule has 1 heterocycles. The summed E-state index contributed by atoms with van der Waals surface area (Å²) in [4.78, 5) is 10.8. The van der Waals surface area contributed by atoms with Gasteiger partial charge in [-0.25, -0.2) is 12.8 Å². The molecule has 1 N–H and O–H groups in total. The average Bonchev–Trinajstić information content (AvgIpc) is 2.61. The molecule has 0 aromatic heterocycles. The zero-order valence-electron chi connectivity index (χ0n) is 14.4. The third-order valence-corrected chi connectivity index (χ3v) is 7.02. The molecule has 27 heavy (non-hydrogen) atoms. The average molecular weight is 412 g/mol. The minimum absolute atomic E-state index is 0.0403. The van der Waals surface area contributed by atoms with E-state index in [4.69, 9.17) is 16.7 Å². The molecular formula is C19H19ClFNO4S. The molecule has 0 spiro atoms. The Balaban J connectivity index is 1.84. The second-order valence-corrected chi connectivity index (χ2v) is 8.91. The number of hydrogen-bond acceptors (Lipinski definition) is 3. The molecule has 0 saturated carbocycles. The van der Waals surface area contributed by atoms with Crippen LogP contribution in [0.2, 0.25) is 5.02 Å². The van der Waals surface area contributed by atoms with Crippen LogP contribution in [0.3, 0.4) is 0 Å². The third-order valence-electron chi connectivity index (χ3n) is 4.67. The highest BCUT2D eigenvalue weighted by atomic mass is 35.5. The van der Waals surface area contributed by atoms with E-state index in [9.17, 15) is 17.6 Å². The molecule has 2 aromatic carbocycles. The topological polar surface area (TPSA) is 74.7 Å². The number of carboxylic acid groups (broad SMARTS) is 1. The molecule has 3 rings (SSSR count). The number of piperidine rings is 1. The highest BCUT2D eigenvalue weighted by Gasteiger charge is 2.32. The molecule has 0 bridgehead atoms. The van der Waals surface area contributed by atoms with E-state index in [1.54, 1.807) is 12.1 Å². The van der Waals surface area contributed by atoms with Gasteiger partial charge in [-0.05, 0) is 48.1 Å². The second-order valence-electron chi connectivity index (χ2n) is 6.59. The first-order chi connectivity index (χ1) is 12.8. The van der Waals surface area contributed by atoms with Gasteiger partial charge < -0.3 is 5.11 Å².